The summed E-state index contributed by atoms with van der Waals surface area (Å²) in [5.74, 6) is -2.00. The molecule has 0 saturated heterocycles. The van der Waals surface area contributed by atoms with Gasteiger partial charge in [0.1, 0.15) is 6.04 Å². The van der Waals surface area contributed by atoms with E-state index in [1.807, 2.05) is 0 Å². The van der Waals surface area contributed by atoms with Crippen molar-refractivity contribution in [3.63, 3.8) is 0 Å². The van der Waals surface area contributed by atoms with Gasteiger partial charge in [-0.2, -0.15) is 0 Å². The molecule has 3 N–H and O–H groups in total. The third-order valence-corrected chi connectivity index (χ3v) is 1.29. The van der Waals surface area contributed by atoms with Crippen molar-refractivity contribution < 1.29 is 19.8 Å². The number of hydrogen-bond donors (Lipinski definition) is 3. The minimum atomic E-state index is -1.02. The summed E-state index contributed by atoms with van der Waals surface area (Å²) in [6, 6.07) is -0.758. The van der Waals surface area contributed by atoms with Crippen LogP contribution in [0.5, 0.6) is 0 Å². The molecule has 0 aromatic carbocycles. The molecule has 0 aromatic heterocycles. The van der Waals surface area contributed by atoms with E-state index in [0.29, 0.717) is 0 Å². The van der Waals surface area contributed by atoms with E-state index in [1.54, 1.807) is 0 Å². The number of carboxylic acid groups (broad SMARTS) is 2. The first-order chi connectivity index (χ1) is 5.07. The quantitative estimate of drug-likeness (QED) is 0.507. The van der Waals surface area contributed by atoms with Gasteiger partial charge in [0.2, 0.25) is 0 Å². The van der Waals surface area contributed by atoms with Crippen LogP contribution in [0.25, 0.3) is 0 Å². The number of hydrogen-bond acceptors (Lipinski definition) is 3. The normalized spacial score (nSPS) is 12.5. The predicted octanol–water partition coefficient (Wildman–Crippen LogP) is -0.476. The number of carbonyl (C=O) groups is 2. The van der Waals surface area contributed by atoms with Crippen LogP contribution in [0.2, 0.25) is 0 Å². The first kappa shape index (κ1) is 9.90. The fraction of sp³-hybridized carbons (Fsp3) is 0.667. The Kier molecular flexibility index (Phi) is 4.21. The zero-order valence-corrected chi connectivity index (χ0v) is 6.20. The molecule has 0 heterocycles. The highest BCUT2D eigenvalue weighted by Gasteiger charge is 2.15. The Bertz CT molecular complexity index is 157. The summed E-state index contributed by atoms with van der Waals surface area (Å²) in [5.41, 5.74) is 0. The van der Waals surface area contributed by atoms with E-state index < -0.39 is 18.0 Å². The van der Waals surface area contributed by atoms with E-state index in [4.69, 9.17) is 10.2 Å². The summed E-state index contributed by atoms with van der Waals surface area (Å²) in [6.07, 6.45) is -0.0149. The Hall–Kier alpha value is -1.10. The monoisotopic (exact) mass is 161 g/mol. The Labute approximate surface area is 64.0 Å². The summed E-state index contributed by atoms with van der Waals surface area (Å²) in [5, 5.41) is 19.1. The lowest BCUT2D eigenvalue weighted by molar-refractivity contribution is -0.140. The van der Waals surface area contributed by atoms with E-state index in [2.05, 4.69) is 5.32 Å². The van der Waals surface area contributed by atoms with Crippen LogP contribution in [0.4, 0.5) is 0 Å². The number of nitrogens with one attached hydrogen (secondary N) is 1. The highest BCUT2D eigenvalue weighted by atomic mass is 16.4. The lowest BCUT2D eigenvalue weighted by Gasteiger charge is -2.07. The van der Waals surface area contributed by atoms with Crippen LogP contribution in [0.1, 0.15) is 12.8 Å². The summed E-state index contributed by atoms with van der Waals surface area (Å²) in [4.78, 5) is 20.3. The molecule has 0 aromatic rings. The van der Waals surface area contributed by atoms with Crippen molar-refractivity contribution in [3.8, 4) is 0 Å². The summed E-state index contributed by atoms with van der Waals surface area (Å²) in [7, 11) is 1.49. The summed E-state index contributed by atoms with van der Waals surface area (Å²) < 4.78 is 0. The fourth-order valence-electron chi connectivity index (χ4n) is 0.659. The van der Waals surface area contributed by atoms with Crippen molar-refractivity contribution in [2.24, 2.45) is 0 Å². The van der Waals surface area contributed by atoms with Crippen molar-refractivity contribution in [2.45, 2.75) is 18.9 Å². The van der Waals surface area contributed by atoms with Gasteiger partial charge in [0.05, 0.1) is 0 Å². The van der Waals surface area contributed by atoms with Gasteiger partial charge in [-0.1, -0.05) is 0 Å². The second-order valence-corrected chi connectivity index (χ2v) is 2.11. The van der Waals surface area contributed by atoms with Gasteiger partial charge in [-0.05, 0) is 13.5 Å². The van der Waals surface area contributed by atoms with Crippen molar-refractivity contribution in [1.29, 1.82) is 0 Å². The van der Waals surface area contributed by atoms with Gasteiger partial charge >= 0.3 is 11.9 Å². The molecule has 5 heteroatoms. The lowest BCUT2D eigenvalue weighted by Crippen LogP contribution is -2.34. The van der Waals surface area contributed by atoms with Crippen molar-refractivity contribution >= 4 is 11.9 Å². The largest absolute Gasteiger partial charge is 0.481 e. The van der Waals surface area contributed by atoms with Gasteiger partial charge in [0, 0.05) is 6.42 Å². The number of likely N-dealkylation sites (N-methyl/N-ethyl adjacent to an activating group) is 1. The first-order valence-corrected chi connectivity index (χ1v) is 3.19. The number of aliphatic carboxylic acids is 2. The summed E-state index contributed by atoms with van der Waals surface area (Å²) >= 11 is 0. The molecule has 0 radical (unpaired) electrons. The second kappa shape index (κ2) is 4.68. The highest BCUT2D eigenvalue weighted by molar-refractivity contribution is 5.74. The van der Waals surface area contributed by atoms with Crippen LogP contribution in [-0.4, -0.2) is 35.2 Å². The zero-order chi connectivity index (χ0) is 8.85. The summed E-state index contributed by atoms with van der Waals surface area (Å²) in [6.45, 7) is 0. The van der Waals surface area contributed by atoms with E-state index >= 15 is 0 Å². The molecule has 0 unspecified atom stereocenters. The Morgan fingerprint density at radius 2 is 2.00 bits per heavy atom. The molecule has 0 fully saturated rings. The minimum absolute atomic E-state index is 0.112. The smallest absolute Gasteiger partial charge is 0.320 e. The molecule has 0 aliphatic heterocycles. The molecule has 0 bridgehead atoms. The fourth-order valence-corrected chi connectivity index (χ4v) is 0.659. The average molecular weight is 161 g/mol. The van der Waals surface area contributed by atoms with Crippen LogP contribution in [-0.2, 0) is 9.59 Å². The van der Waals surface area contributed by atoms with Gasteiger partial charge in [0.25, 0.3) is 0 Å². The third-order valence-electron chi connectivity index (χ3n) is 1.29. The standard InChI is InChI=1S/C6H11NO4/c1-7-4(6(10)11)2-3-5(8)9/h4,7H,2-3H2,1H3,(H,8,9)(H,10,11)/t4-/m1/s1. The third kappa shape index (κ3) is 4.32. The van der Waals surface area contributed by atoms with E-state index in [-0.39, 0.29) is 12.8 Å². The molecule has 0 amide bonds. The van der Waals surface area contributed by atoms with E-state index in [1.165, 1.54) is 7.05 Å². The van der Waals surface area contributed by atoms with Crippen molar-refractivity contribution in [2.75, 3.05) is 7.05 Å². The van der Waals surface area contributed by atoms with Crippen LogP contribution < -0.4 is 5.32 Å². The molecular weight excluding hydrogens is 150 g/mol. The van der Waals surface area contributed by atoms with Crippen LogP contribution in [0, 0.1) is 0 Å². The van der Waals surface area contributed by atoms with Gasteiger partial charge in [0.15, 0.2) is 0 Å². The SMILES string of the molecule is CN[C@H](CCC(=O)O)C(=O)O. The molecule has 11 heavy (non-hydrogen) atoms. The van der Waals surface area contributed by atoms with Gasteiger partial charge in [-0.3, -0.25) is 9.59 Å². The van der Waals surface area contributed by atoms with Gasteiger partial charge in [-0.25, -0.2) is 0 Å². The molecule has 64 valence electrons. The first-order valence-electron chi connectivity index (χ1n) is 3.19. The Balaban J connectivity index is 3.70. The zero-order valence-electron chi connectivity index (χ0n) is 6.20. The number of rotatable bonds is 5. The van der Waals surface area contributed by atoms with Crippen molar-refractivity contribution in [1.82, 2.24) is 5.32 Å². The Morgan fingerprint density at radius 3 is 2.27 bits per heavy atom. The van der Waals surface area contributed by atoms with Crippen molar-refractivity contribution in [3.05, 3.63) is 0 Å². The lowest BCUT2D eigenvalue weighted by atomic mass is 10.1. The molecule has 1 atom stereocenters. The van der Waals surface area contributed by atoms with Gasteiger partial charge in [-0.15, -0.1) is 0 Å². The molecule has 0 saturated carbocycles. The predicted molar refractivity (Wildman–Crippen MR) is 37.4 cm³/mol. The molecular formula is C6H11NO4. The molecule has 0 spiro atoms. The van der Waals surface area contributed by atoms with Gasteiger partial charge < -0.3 is 15.5 Å². The maximum Gasteiger partial charge on any atom is 0.320 e. The minimum Gasteiger partial charge on any atom is -0.481 e. The Morgan fingerprint density at radius 1 is 1.45 bits per heavy atom. The topological polar surface area (TPSA) is 86.6 Å². The van der Waals surface area contributed by atoms with Crippen LogP contribution >= 0.6 is 0 Å². The van der Waals surface area contributed by atoms with E-state index in [0.717, 1.165) is 0 Å². The highest BCUT2D eigenvalue weighted by Crippen LogP contribution is 1.96. The van der Waals surface area contributed by atoms with Crippen LogP contribution in [0.3, 0.4) is 0 Å². The molecule has 0 aliphatic carbocycles. The molecule has 0 aliphatic rings. The molecule has 5 nitrogen and oxygen atoms in total. The second-order valence-electron chi connectivity index (χ2n) is 2.11. The number of carboxylic acids is 2. The van der Waals surface area contributed by atoms with E-state index in [9.17, 15) is 9.59 Å². The molecule has 0 rings (SSSR count). The maximum absolute atomic E-state index is 10.3. The van der Waals surface area contributed by atoms with Crippen LogP contribution in [0.15, 0.2) is 0 Å². The maximum atomic E-state index is 10.3. The average Bonchev–Trinajstić information content (AvgIpc) is 1.87.